The van der Waals surface area contributed by atoms with Crippen LogP contribution in [0.5, 0.6) is 40.2 Å². The molecule has 0 aliphatic carbocycles. The van der Waals surface area contributed by atoms with Crippen molar-refractivity contribution in [2.45, 2.75) is 44.4 Å². The number of nitrogens with zero attached hydrogens (tertiary/aromatic N) is 2. The molecule has 6 aliphatic heterocycles. The second kappa shape index (κ2) is 12.4. The molecule has 0 radical (unpaired) electrons. The Labute approximate surface area is 271 Å². The van der Waals surface area contributed by atoms with Gasteiger partial charge in [-0.05, 0) is 91.9 Å². The van der Waals surface area contributed by atoms with E-state index in [1.807, 2.05) is 18.2 Å². The smallest absolute Gasteiger partial charge is 0.204 e. The van der Waals surface area contributed by atoms with E-state index in [0.717, 1.165) is 72.3 Å². The summed E-state index contributed by atoms with van der Waals surface area (Å²) in [7, 11) is 9.25. The van der Waals surface area contributed by atoms with Crippen molar-refractivity contribution in [1.29, 1.82) is 0 Å². The summed E-state index contributed by atoms with van der Waals surface area (Å²) in [4.78, 5) is 4.70. The molecule has 0 saturated heterocycles. The number of phenols is 1. The Balaban J connectivity index is 1.37. The summed E-state index contributed by atoms with van der Waals surface area (Å²) in [6, 6.07) is 21.0. The van der Waals surface area contributed by atoms with Crippen LogP contribution in [0.15, 0.2) is 60.7 Å². The highest BCUT2D eigenvalue weighted by atomic mass is 16.5. The van der Waals surface area contributed by atoms with E-state index in [1.54, 1.807) is 21.3 Å². The summed E-state index contributed by atoms with van der Waals surface area (Å²) >= 11 is 0. The number of methoxy groups -OCH3 is 3. The molecule has 8 heteroatoms. The molecule has 1 N–H and O–H groups in total. The van der Waals surface area contributed by atoms with Crippen molar-refractivity contribution >= 4 is 0 Å². The second-order valence-corrected chi connectivity index (χ2v) is 12.6. The average molecular weight is 623 g/mol. The van der Waals surface area contributed by atoms with Crippen LogP contribution in [-0.2, 0) is 32.3 Å². The summed E-state index contributed by atoms with van der Waals surface area (Å²) < 4.78 is 30.5. The van der Waals surface area contributed by atoms with Crippen molar-refractivity contribution in [2.24, 2.45) is 0 Å². The zero-order valence-corrected chi connectivity index (χ0v) is 27.3. The third kappa shape index (κ3) is 5.39. The van der Waals surface area contributed by atoms with Gasteiger partial charge in [0.15, 0.2) is 23.0 Å². The Hall–Kier alpha value is -4.40. The maximum atomic E-state index is 11.7. The van der Waals surface area contributed by atoms with Crippen LogP contribution in [0, 0.1) is 0 Å². The van der Waals surface area contributed by atoms with Gasteiger partial charge in [0, 0.05) is 36.3 Å². The third-order valence-electron chi connectivity index (χ3n) is 9.92. The van der Waals surface area contributed by atoms with E-state index in [4.69, 9.17) is 23.7 Å². The van der Waals surface area contributed by atoms with Crippen LogP contribution in [0.2, 0.25) is 0 Å². The molecule has 46 heavy (non-hydrogen) atoms. The minimum atomic E-state index is -0.0320. The molecule has 4 aromatic rings. The van der Waals surface area contributed by atoms with Crippen LogP contribution in [0.4, 0.5) is 0 Å². The zero-order valence-electron chi connectivity index (χ0n) is 27.3. The molecule has 0 amide bonds. The molecule has 6 aliphatic rings. The molecular formula is C38H42N2O6. The molecule has 8 nitrogen and oxygen atoms in total. The summed E-state index contributed by atoms with van der Waals surface area (Å²) in [6.45, 7) is 2.12. The van der Waals surface area contributed by atoms with Crippen molar-refractivity contribution in [3.8, 4) is 40.2 Å². The van der Waals surface area contributed by atoms with E-state index in [9.17, 15) is 5.11 Å². The fourth-order valence-electron chi connectivity index (χ4n) is 7.31. The molecule has 0 aromatic heterocycles. The average Bonchev–Trinajstić information content (AvgIpc) is 3.07. The maximum Gasteiger partial charge on any atom is 0.204 e. The molecular weight excluding hydrogens is 580 g/mol. The van der Waals surface area contributed by atoms with Crippen LogP contribution in [-0.4, -0.2) is 63.4 Å². The topological polar surface area (TPSA) is 72.9 Å². The van der Waals surface area contributed by atoms with Gasteiger partial charge in [-0.15, -0.1) is 0 Å². The van der Waals surface area contributed by atoms with E-state index in [0.29, 0.717) is 35.4 Å². The summed E-state index contributed by atoms with van der Waals surface area (Å²) in [5.74, 6) is 3.80. The number of rotatable bonds is 3. The second-order valence-electron chi connectivity index (χ2n) is 12.6. The first-order chi connectivity index (χ1) is 22.4. The van der Waals surface area contributed by atoms with Gasteiger partial charge in [-0.3, -0.25) is 9.80 Å². The normalized spacial score (nSPS) is 19.5. The maximum absolute atomic E-state index is 11.7. The quantitative estimate of drug-likeness (QED) is 0.273. The first-order valence-corrected chi connectivity index (χ1v) is 16.0. The van der Waals surface area contributed by atoms with Gasteiger partial charge in [0.2, 0.25) is 11.5 Å². The molecule has 6 heterocycles. The first kappa shape index (κ1) is 30.3. The van der Waals surface area contributed by atoms with Gasteiger partial charge in [-0.1, -0.05) is 36.4 Å². The van der Waals surface area contributed by atoms with Crippen LogP contribution in [0.25, 0.3) is 0 Å². The molecule has 0 fully saturated rings. The standard InChI is InChI=1S/C38H42N2O6/c1-39-16-14-26-20-31(42-3)36-35(41)33(26)29(39)18-24-10-12-28(13-11-24)46-38-34-27(21-32(43-4)37(38)44-5)15-17-40(2)30(34)19-23-6-8-25(9-7-23)22-45-36/h6-13,20-21,29-30,41H,14-19,22H2,1-5H3/t29-,30+/m0/s1. The number of hydrogen-bond donors (Lipinski definition) is 1. The highest BCUT2D eigenvalue weighted by molar-refractivity contribution is 5.63. The number of hydrogen-bond acceptors (Lipinski definition) is 8. The highest BCUT2D eigenvalue weighted by Crippen LogP contribution is 2.51. The lowest BCUT2D eigenvalue weighted by atomic mass is 9.87. The molecule has 10 rings (SSSR count). The van der Waals surface area contributed by atoms with Gasteiger partial charge in [0.05, 0.1) is 21.3 Å². The Morgan fingerprint density at radius 3 is 1.83 bits per heavy atom. The zero-order chi connectivity index (χ0) is 31.9. The minimum absolute atomic E-state index is 0.0320. The number of aromatic hydroxyl groups is 1. The Bertz CT molecular complexity index is 1740. The Morgan fingerprint density at radius 1 is 0.674 bits per heavy atom. The third-order valence-corrected chi connectivity index (χ3v) is 9.92. The predicted molar refractivity (Wildman–Crippen MR) is 177 cm³/mol. The number of phenolic OH excluding ortho intramolecular Hbond substituents is 1. The lowest BCUT2D eigenvalue weighted by Crippen LogP contribution is -2.34. The molecule has 0 spiro atoms. The number of ether oxygens (including phenoxy) is 5. The van der Waals surface area contributed by atoms with Crippen LogP contribution in [0.1, 0.15) is 51.0 Å². The molecule has 4 aromatic carbocycles. The van der Waals surface area contributed by atoms with Crippen molar-refractivity contribution in [3.63, 3.8) is 0 Å². The van der Waals surface area contributed by atoms with Gasteiger partial charge < -0.3 is 28.8 Å². The Morgan fingerprint density at radius 2 is 1.22 bits per heavy atom. The monoisotopic (exact) mass is 622 g/mol. The lowest BCUT2D eigenvalue weighted by Gasteiger charge is -2.37. The van der Waals surface area contributed by atoms with Gasteiger partial charge in [0.25, 0.3) is 0 Å². The minimum Gasteiger partial charge on any atom is -0.504 e. The summed E-state index contributed by atoms with van der Waals surface area (Å²) in [5.41, 5.74) is 7.69. The highest BCUT2D eigenvalue weighted by Gasteiger charge is 2.34. The van der Waals surface area contributed by atoms with Crippen molar-refractivity contribution < 1.29 is 28.8 Å². The van der Waals surface area contributed by atoms with E-state index in [-0.39, 0.29) is 17.8 Å². The van der Waals surface area contributed by atoms with Crippen LogP contribution in [0.3, 0.4) is 0 Å². The molecule has 0 saturated carbocycles. The molecule has 0 unspecified atom stereocenters. The van der Waals surface area contributed by atoms with Crippen LogP contribution < -0.4 is 23.7 Å². The van der Waals surface area contributed by atoms with E-state index in [2.05, 4.69) is 66.4 Å². The van der Waals surface area contributed by atoms with Crippen LogP contribution >= 0.6 is 0 Å². The Kier molecular flexibility index (Phi) is 8.17. The number of likely N-dealkylation sites (N-methyl/N-ethyl adjacent to an activating group) is 2. The molecule has 6 bridgehead atoms. The van der Waals surface area contributed by atoms with Gasteiger partial charge in [0.1, 0.15) is 12.4 Å². The first-order valence-electron chi connectivity index (χ1n) is 16.0. The molecule has 2 atom stereocenters. The fraction of sp³-hybridized carbons (Fsp3) is 0.368. The van der Waals surface area contributed by atoms with Crippen molar-refractivity contribution in [2.75, 3.05) is 48.5 Å². The number of benzene rings is 4. The summed E-state index contributed by atoms with van der Waals surface area (Å²) in [5, 5.41) is 11.7. The van der Waals surface area contributed by atoms with Gasteiger partial charge >= 0.3 is 0 Å². The predicted octanol–water partition coefficient (Wildman–Crippen LogP) is 6.65. The van der Waals surface area contributed by atoms with Gasteiger partial charge in [-0.2, -0.15) is 0 Å². The summed E-state index contributed by atoms with van der Waals surface area (Å²) in [6.07, 6.45) is 3.23. The lowest BCUT2D eigenvalue weighted by molar-refractivity contribution is 0.216. The van der Waals surface area contributed by atoms with Crippen molar-refractivity contribution in [1.82, 2.24) is 9.80 Å². The largest absolute Gasteiger partial charge is 0.504 e. The molecule has 240 valence electrons. The van der Waals surface area contributed by atoms with Gasteiger partial charge in [-0.25, -0.2) is 0 Å². The SMILES string of the molecule is COc1cc2c3c(O)c1OCc1ccc(cc1)C[C@@H]1c4c(cc(OC)c(OC)c4Oc4ccc(cc4)C[C@@H]3N(C)CC2)CCN1C. The fourth-order valence-corrected chi connectivity index (χ4v) is 7.31. The van der Waals surface area contributed by atoms with Crippen molar-refractivity contribution in [3.05, 3.63) is 99.6 Å². The van der Waals surface area contributed by atoms with E-state index < -0.39 is 0 Å². The van der Waals surface area contributed by atoms with E-state index in [1.165, 1.54) is 11.1 Å². The van der Waals surface area contributed by atoms with E-state index >= 15 is 0 Å².